The third-order valence-electron chi connectivity index (χ3n) is 1.91. The van der Waals surface area contributed by atoms with Gasteiger partial charge in [0.2, 0.25) is 0 Å². The lowest BCUT2D eigenvalue weighted by Gasteiger charge is -1.90. The summed E-state index contributed by atoms with van der Waals surface area (Å²) >= 11 is 0. The molecule has 0 spiro atoms. The van der Waals surface area contributed by atoms with Crippen LogP contribution in [0.3, 0.4) is 0 Å². The molecule has 1 rings (SSSR count). The number of hydrogen-bond donors (Lipinski definition) is 0. The molecule has 2 heteroatoms. The summed E-state index contributed by atoms with van der Waals surface area (Å²) in [5.74, 6) is 0.648. The molecule has 1 heterocycles. The molecule has 0 N–H and O–H groups in total. The Labute approximate surface area is 81.9 Å². The second-order valence-electron chi connectivity index (χ2n) is 3.64. The van der Waals surface area contributed by atoms with Crippen molar-refractivity contribution in [1.82, 2.24) is 0 Å². The summed E-state index contributed by atoms with van der Waals surface area (Å²) in [5.41, 5.74) is 0. The van der Waals surface area contributed by atoms with Crippen LogP contribution in [0.25, 0.3) is 0 Å². The van der Waals surface area contributed by atoms with Gasteiger partial charge in [0.1, 0.15) is 0 Å². The molecule has 2 unspecified atom stereocenters. The molecule has 0 bridgehead atoms. The van der Waals surface area contributed by atoms with E-state index in [1.54, 1.807) is 7.11 Å². The quantitative estimate of drug-likeness (QED) is 0.497. The van der Waals surface area contributed by atoms with Gasteiger partial charge >= 0.3 is 0 Å². The van der Waals surface area contributed by atoms with E-state index in [0.717, 1.165) is 13.0 Å². The highest BCUT2D eigenvalue weighted by molar-refractivity contribution is 4.79. The number of rotatable bonds is 4. The summed E-state index contributed by atoms with van der Waals surface area (Å²) in [6.07, 6.45) is 3.96. The van der Waals surface area contributed by atoms with Crippen molar-refractivity contribution in [2.24, 2.45) is 5.92 Å². The van der Waals surface area contributed by atoms with Gasteiger partial charge in [-0.3, -0.25) is 0 Å². The summed E-state index contributed by atoms with van der Waals surface area (Å²) in [7, 11) is 1.72. The highest BCUT2D eigenvalue weighted by Crippen LogP contribution is 2.23. The molecule has 0 saturated carbocycles. The summed E-state index contributed by atoms with van der Waals surface area (Å²) in [6, 6.07) is 0. The first-order valence-electron chi connectivity index (χ1n) is 4.88. The first-order valence-corrected chi connectivity index (χ1v) is 4.88. The van der Waals surface area contributed by atoms with Gasteiger partial charge in [0.25, 0.3) is 0 Å². The first kappa shape index (κ1) is 12.7. The maximum atomic E-state index is 5.14. The van der Waals surface area contributed by atoms with Gasteiger partial charge in [-0.2, -0.15) is 0 Å². The Morgan fingerprint density at radius 1 is 1.54 bits per heavy atom. The number of ether oxygens (including phenoxy) is 2. The topological polar surface area (TPSA) is 21.8 Å². The number of epoxide rings is 1. The maximum absolute atomic E-state index is 5.14. The fraction of sp³-hybridized carbons (Fsp3) is 0.818. The van der Waals surface area contributed by atoms with E-state index in [0.29, 0.717) is 18.1 Å². The average molecular weight is 186 g/mol. The minimum atomic E-state index is 0.491. The second kappa shape index (κ2) is 7.10. The third-order valence-corrected chi connectivity index (χ3v) is 1.91. The summed E-state index contributed by atoms with van der Waals surface area (Å²) in [5, 5.41) is 0. The molecule has 0 aromatic heterocycles. The minimum absolute atomic E-state index is 0.491. The predicted octanol–water partition coefficient (Wildman–Crippen LogP) is 2.64. The maximum Gasteiger partial charge on any atom is 0.0860 e. The van der Waals surface area contributed by atoms with Gasteiger partial charge in [-0.15, -0.1) is 6.58 Å². The highest BCUT2D eigenvalue weighted by atomic mass is 16.6. The van der Waals surface area contributed by atoms with E-state index in [1.165, 1.54) is 0 Å². The van der Waals surface area contributed by atoms with E-state index < -0.39 is 0 Å². The smallest absolute Gasteiger partial charge is 0.0860 e. The van der Waals surface area contributed by atoms with Gasteiger partial charge in [0, 0.05) is 13.7 Å². The van der Waals surface area contributed by atoms with Crippen LogP contribution >= 0.6 is 0 Å². The van der Waals surface area contributed by atoms with Crippen molar-refractivity contribution in [3.8, 4) is 0 Å². The molecule has 0 aliphatic carbocycles. The van der Waals surface area contributed by atoms with Crippen LogP contribution in [0.1, 0.15) is 27.2 Å². The minimum Gasteiger partial charge on any atom is -0.385 e. The van der Waals surface area contributed by atoms with E-state index in [4.69, 9.17) is 9.47 Å². The zero-order valence-electron chi connectivity index (χ0n) is 9.25. The predicted molar refractivity (Wildman–Crippen MR) is 55.9 cm³/mol. The van der Waals surface area contributed by atoms with Gasteiger partial charge in [-0.1, -0.05) is 19.9 Å². The monoisotopic (exact) mass is 186 g/mol. The standard InChI is InChI=1S/C6H12O2.C5H10/c1-5-6(8-5)3-4-7-2;1-4-5(2)3/h5-6H,3-4H2,1-2H3;4-5H,1H2,2-3H3. The normalized spacial score (nSPS) is 25.0. The molecule has 1 fully saturated rings. The molecular weight excluding hydrogens is 164 g/mol. The fourth-order valence-corrected chi connectivity index (χ4v) is 0.767. The molecule has 2 atom stereocenters. The van der Waals surface area contributed by atoms with E-state index in [-0.39, 0.29) is 0 Å². The van der Waals surface area contributed by atoms with Crippen LogP contribution in [0.4, 0.5) is 0 Å². The Kier molecular flexibility index (Phi) is 6.92. The molecule has 0 aromatic rings. The number of allylic oxidation sites excluding steroid dienone is 1. The number of hydrogen-bond acceptors (Lipinski definition) is 2. The summed E-state index contributed by atoms with van der Waals surface area (Å²) in [6.45, 7) is 10.7. The lowest BCUT2D eigenvalue weighted by molar-refractivity contribution is 0.184. The average Bonchev–Trinajstić information content (AvgIpc) is 2.79. The molecule has 1 aliphatic heterocycles. The van der Waals surface area contributed by atoms with Crippen LogP contribution in [-0.2, 0) is 9.47 Å². The van der Waals surface area contributed by atoms with E-state index in [9.17, 15) is 0 Å². The van der Waals surface area contributed by atoms with E-state index in [2.05, 4.69) is 27.4 Å². The Bertz CT molecular complexity index is 132. The summed E-state index contributed by atoms with van der Waals surface area (Å²) < 4.78 is 10.00. The SMILES string of the molecule is C=CC(C)C.COCCC1OC1C. The van der Waals surface area contributed by atoms with Crippen molar-refractivity contribution in [2.75, 3.05) is 13.7 Å². The molecule has 13 heavy (non-hydrogen) atoms. The molecule has 78 valence electrons. The molecule has 0 aromatic carbocycles. The zero-order valence-corrected chi connectivity index (χ0v) is 9.25. The van der Waals surface area contributed by atoms with Gasteiger partial charge in [-0.05, 0) is 19.3 Å². The van der Waals surface area contributed by atoms with Crippen LogP contribution in [0.2, 0.25) is 0 Å². The van der Waals surface area contributed by atoms with Gasteiger partial charge < -0.3 is 9.47 Å². The Hall–Kier alpha value is -0.340. The molecule has 1 aliphatic rings. The Morgan fingerprint density at radius 2 is 2.00 bits per heavy atom. The van der Waals surface area contributed by atoms with Crippen LogP contribution in [0.5, 0.6) is 0 Å². The van der Waals surface area contributed by atoms with Crippen molar-refractivity contribution < 1.29 is 9.47 Å². The van der Waals surface area contributed by atoms with Crippen LogP contribution in [-0.4, -0.2) is 25.9 Å². The lowest BCUT2D eigenvalue weighted by Crippen LogP contribution is -1.95. The zero-order chi connectivity index (χ0) is 10.3. The number of methoxy groups -OCH3 is 1. The third kappa shape index (κ3) is 8.00. The first-order chi connectivity index (χ1) is 6.11. The largest absolute Gasteiger partial charge is 0.385 e. The lowest BCUT2D eigenvalue weighted by atomic mass is 10.2. The van der Waals surface area contributed by atoms with Crippen molar-refractivity contribution >= 4 is 0 Å². The molecular formula is C11H22O2. The van der Waals surface area contributed by atoms with Gasteiger partial charge in [0.05, 0.1) is 12.2 Å². The molecule has 1 saturated heterocycles. The van der Waals surface area contributed by atoms with Crippen molar-refractivity contribution in [3.05, 3.63) is 12.7 Å². The summed E-state index contributed by atoms with van der Waals surface area (Å²) in [4.78, 5) is 0. The van der Waals surface area contributed by atoms with Crippen LogP contribution < -0.4 is 0 Å². The molecule has 0 amide bonds. The molecule has 0 radical (unpaired) electrons. The van der Waals surface area contributed by atoms with Crippen molar-refractivity contribution in [1.29, 1.82) is 0 Å². The van der Waals surface area contributed by atoms with Crippen LogP contribution in [0.15, 0.2) is 12.7 Å². The van der Waals surface area contributed by atoms with E-state index >= 15 is 0 Å². The Morgan fingerprint density at radius 3 is 2.23 bits per heavy atom. The fourth-order valence-electron chi connectivity index (χ4n) is 0.767. The molecule has 2 nitrogen and oxygen atoms in total. The Balaban J connectivity index is 0.000000252. The van der Waals surface area contributed by atoms with Crippen LogP contribution in [0, 0.1) is 5.92 Å². The highest BCUT2D eigenvalue weighted by Gasteiger charge is 2.32. The second-order valence-corrected chi connectivity index (χ2v) is 3.64. The van der Waals surface area contributed by atoms with Crippen molar-refractivity contribution in [2.45, 2.75) is 39.4 Å². The van der Waals surface area contributed by atoms with Gasteiger partial charge in [0.15, 0.2) is 0 Å². The van der Waals surface area contributed by atoms with Gasteiger partial charge in [-0.25, -0.2) is 0 Å². The van der Waals surface area contributed by atoms with E-state index in [1.807, 2.05) is 6.08 Å². The van der Waals surface area contributed by atoms with Crippen molar-refractivity contribution in [3.63, 3.8) is 0 Å².